The Balaban J connectivity index is 3.03. The van der Waals surface area contributed by atoms with Gasteiger partial charge in [-0.2, -0.15) is 0 Å². The van der Waals surface area contributed by atoms with Gasteiger partial charge in [0.25, 0.3) is 11.8 Å². The molecular weight excluding hydrogens is 358 g/mol. The zero-order valence-electron chi connectivity index (χ0n) is 9.24. The number of carbonyl (C=O) groups excluding carboxylic acids is 2. The molecule has 0 bridgehead atoms. The van der Waals surface area contributed by atoms with Gasteiger partial charge in [0.05, 0.1) is 0 Å². The third-order valence-corrected chi connectivity index (χ3v) is 4.30. The molecule has 0 aromatic heterocycles. The first-order valence-corrected chi connectivity index (χ1v) is 6.52. The maximum absolute atomic E-state index is 11.8. The molecule has 0 aromatic carbocycles. The second-order valence-electron chi connectivity index (χ2n) is 4.09. The number of nitrogens with zero attached hydrogens (tertiary/aromatic N) is 1. The van der Waals surface area contributed by atoms with Crippen LogP contribution in [0.25, 0.3) is 0 Å². The average Bonchev–Trinajstić information content (AvgIpc) is 2.40. The Hall–Kier alpha value is -0.690. The molecule has 1 heterocycles. The van der Waals surface area contributed by atoms with Crippen LogP contribution in [0.1, 0.15) is 20.3 Å². The fraction of sp³-hybridized carbons (Fsp3) is 0.500. The van der Waals surface area contributed by atoms with E-state index >= 15 is 0 Å². The molecule has 94 valence electrons. The number of hydrogen-bond donors (Lipinski definition) is 1. The molecule has 0 spiro atoms. The van der Waals surface area contributed by atoms with E-state index < -0.39 is 23.8 Å². The van der Waals surface area contributed by atoms with Crippen LogP contribution < -0.4 is 0 Å². The lowest BCUT2D eigenvalue weighted by atomic mass is 10.0. The van der Waals surface area contributed by atoms with Crippen LogP contribution in [0.4, 0.5) is 0 Å². The van der Waals surface area contributed by atoms with Crippen LogP contribution in [0.5, 0.6) is 0 Å². The number of halogens is 2. The van der Waals surface area contributed by atoms with E-state index in [-0.39, 0.29) is 21.3 Å². The molecule has 1 atom stereocenters. The van der Waals surface area contributed by atoms with E-state index in [0.717, 1.165) is 4.90 Å². The predicted molar refractivity (Wildman–Crippen MR) is 67.6 cm³/mol. The van der Waals surface area contributed by atoms with Crippen molar-refractivity contribution < 1.29 is 19.5 Å². The second-order valence-corrected chi connectivity index (χ2v) is 5.68. The molecule has 1 rings (SSSR count). The molecule has 0 saturated heterocycles. The van der Waals surface area contributed by atoms with E-state index in [2.05, 4.69) is 31.9 Å². The predicted octanol–water partition coefficient (Wildman–Crippen LogP) is 1.86. The van der Waals surface area contributed by atoms with Crippen LogP contribution in [-0.4, -0.2) is 33.8 Å². The number of hydrogen-bond acceptors (Lipinski definition) is 3. The number of aliphatic carboxylic acids is 1. The molecule has 1 N–H and O–H groups in total. The number of rotatable bonds is 4. The van der Waals surface area contributed by atoms with Gasteiger partial charge in [-0.25, -0.2) is 4.79 Å². The molecule has 2 amide bonds. The first kappa shape index (κ1) is 14.4. The summed E-state index contributed by atoms with van der Waals surface area (Å²) in [6.45, 7) is 3.66. The minimum atomic E-state index is -1.18. The number of carboxylic acid groups (broad SMARTS) is 1. The molecule has 0 aliphatic carbocycles. The standard InChI is InChI=1S/C10H11Br2NO4/c1-4(2)3-5(10(16)17)13-8(14)6(11)7(12)9(13)15/h4-5H,3H2,1-2H3,(H,16,17)/t5-/m0/s1. The van der Waals surface area contributed by atoms with Crippen molar-refractivity contribution >= 4 is 49.6 Å². The lowest BCUT2D eigenvalue weighted by Gasteiger charge is -2.24. The van der Waals surface area contributed by atoms with E-state index in [4.69, 9.17) is 5.11 Å². The normalized spacial score (nSPS) is 18.3. The van der Waals surface area contributed by atoms with Gasteiger partial charge in [0, 0.05) is 0 Å². The van der Waals surface area contributed by atoms with Gasteiger partial charge < -0.3 is 5.11 Å². The van der Waals surface area contributed by atoms with Crippen LogP contribution in [0, 0.1) is 5.92 Å². The molecule has 0 radical (unpaired) electrons. The summed E-state index contributed by atoms with van der Waals surface area (Å²) in [5, 5.41) is 9.10. The molecule has 1 aliphatic heterocycles. The van der Waals surface area contributed by atoms with E-state index in [1.54, 1.807) is 0 Å². The minimum Gasteiger partial charge on any atom is -0.480 e. The Morgan fingerprint density at radius 2 is 1.65 bits per heavy atom. The Labute approximate surface area is 115 Å². The van der Waals surface area contributed by atoms with Crippen LogP contribution in [-0.2, 0) is 14.4 Å². The van der Waals surface area contributed by atoms with Crippen molar-refractivity contribution in [2.24, 2.45) is 5.92 Å². The second kappa shape index (κ2) is 5.30. The first-order chi connectivity index (χ1) is 7.77. The highest BCUT2D eigenvalue weighted by molar-refractivity contribution is 9.14. The molecule has 1 aliphatic rings. The van der Waals surface area contributed by atoms with Crippen molar-refractivity contribution in [2.45, 2.75) is 26.3 Å². The Morgan fingerprint density at radius 1 is 1.24 bits per heavy atom. The monoisotopic (exact) mass is 367 g/mol. The molecule has 0 unspecified atom stereocenters. The van der Waals surface area contributed by atoms with Gasteiger partial charge in [0.15, 0.2) is 0 Å². The van der Waals surface area contributed by atoms with Crippen molar-refractivity contribution in [1.29, 1.82) is 0 Å². The van der Waals surface area contributed by atoms with Gasteiger partial charge in [-0.1, -0.05) is 13.8 Å². The number of imide groups is 1. The summed E-state index contributed by atoms with van der Waals surface area (Å²) < 4.78 is 0.134. The lowest BCUT2D eigenvalue weighted by Crippen LogP contribution is -2.46. The first-order valence-electron chi connectivity index (χ1n) is 4.93. The van der Waals surface area contributed by atoms with E-state index in [1.807, 2.05) is 13.8 Å². The quantitative estimate of drug-likeness (QED) is 0.768. The molecule has 0 aromatic rings. The van der Waals surface area contributed by atoms with Crippen molar-refractivity contribution in [3.63, 3.8) is 0 Å². The third-order valence-electron chi connectivity index (χ3n) is 2.30. The largest absolute Gasteiger partial charge is 0.480 e. The molecular formula is C10H11Br2NO4. The van der Waals surface area contributed by atoms with Crippen molar-refractivity contribution in [3.8, 4) is 0 Å². The van der Waals surface area contributed by atoms with Crippen LogP contribution in [0.2, 0.25) is 0 Å². The van der Waals surface area contributed by atoms with E-state index in [0.29, 0.717) is 0 Å². The summed E-state index contributed by atoms with van der Waals surface area (Å²) >= 11 is 5.92. The van der Waals surface area contributed by atoms with Gasteiger partial charge in [0.1, 0.15) is 15.0 Å². The van der Waals surface area contributed by atoms with Gasteiger partial charge in [-0.15, -0.1) is 0 Å². The lowest BCUT2D eigenvalue weighted by molar-refractivity contribution is -0.154. The molecule has 0 saturated carbocycles. The summed E-state index contributed by atoms with van der Waals surface area (Å²) in [5.74, 6) is -2.34. The molecule has 17 heavy (non-hydrogen) atoms. The smallest absolute Gasteiger partial charge is 0.326 e. The molecule has 5 nitrogen and oxygen atoms in total. The Bertz CT molecular complexity index is 393. The summed E-state index contributed by atoms with van der Waals surface area (Å²) in [5.41, 5.74) is 0. The van der Waals surface area contributed by atoms with Gasteiger partial charge in [-0.3, -0.25) is 14.5 Å². The van der Waals surface area contributed by atoms with Gasteiger partial charge in [0.2, 0.25) is 0 Å². The Kier molecular flexibility index (Phi) is 4.48. The van der Waals surface area contributed by atoms with Crippen molar-refractivity contribution in [3.05, 3.63) is 8.96 Å². The zero-order valence-corrected chi connectivity index (χ0v) is 12.4. The van der Waals surface area contributed by atoms with E-state index in [1.165, 1.54) is 0 Å². The van der Waals surface area contributed by atoms with Gasteiger partial charge >= 0.3 is 5.97 Å². The SMILES string of the molecule is CC(C)C[C@@H](C(=O)O)N1C(=O)C(Br)=C(Br)C1=O. The molecule has 0 fully saturated rings. The minimum absolute atomic E-state index is 0.0647. The van der Waals surface area contributed by atoms with Gasteiger partial charge in [-0.05, 0) is 44.2 Å². The van der Waals surface area contributed by atoms with Crippen LogP contribution in [0.3, 0.4) is 0 Å². The number of amides is 2. The number of carboxylic acids is 1. The number of carbonyl (C=O) groups is 3. The summed E-state index contributed by atoms with van der Waals surface area (Å²) in [6, 6.07) is -1.13. The maximum Gasteiger partial charge on any atom is 0.326 e. The fourth-order valence-corrected chi connectivity index (χ4v) is 2.26. The van der Waals surface area contributed by atoms with E-state index in [9.17, 15) is 14.4 Å². The van der Waals surface area contributed by atoms with Crippen LogP contribution >= 0.6 is 31.9 Å². The molecule has 7 heteroatoms. The summed E-state index contributed by atoms with van der Waals surface area (Å²) in [6.07, 6.45) is 0.230. The Morgan fingerprint density at radius 3 is 1.94 bits per heavy atom. The maximum atomic E-state index is 11.8. The highest BCUT2D eigenvalue weighted by Crippen LogP contribution is 2.32. The zero-order chi connectivity index (χ0) is 13.3. The highest BCUT2D eigenvalue weighted by atomic mass is 79.9. The van der Waals surface area contributed by atoms with Crippen molar-refractivity contribution in [2.75, 3.05) is 0 Å². The highest BCUT2D eigenvalue weighted by Gasteiger charge is 2.43. The fourth-order valence-electron chi connectivity index (χ4n) is 1.54. The summed E-state index contributed by atoms with van der Waals surface area (Å²) in [7, 11) is 0. The average molecular weight is 369 g/mol. The van der Waals surface area contributed by atoms with Crippen LogP contribution in [0.15, 0.2) is 8.96 Å². The topological polar surface area (TPSA) is 74.7 Å². The third kappa shape index (κ3) is 2.77. The summed E-state index contributed by atoms with van der Waals surface area (Å²) in [4.78, 5) is 35.4. The van der Waals surface area contributed by atoms with Crippen molar-refractivity contribution in [1.82, 2.24) is 4.90 Å².